The van der Waals surface area contributed by atoms with E-state index in [9.17, 15) is 19.2 Å². The van der Waals surface area contributed by atoms with E-state index in [0.717, 1.165) is 24.2 Å². The molecular formula is C19H22N4O5. The van der Waals surface area contributed by atoms with Crippen molar-refractivity contribution < 1.29 is 19.1 Å². The molecule has 0 bridgehead atoms. The Hall–Kier alpha value is -3.23. The fraction of sp³-hybridized carbons (Fsp3) is 0.421. The number of unbranched alkanes of at least 4 members (excludes halogenated alkanes) is 2. The number of hydrogen-bond donors (Lipinski definition) is 1. The van der Waals surface area contributed by atoms with Gasteiger partial charge in [0.25, 0.3) is 11.5 Å². The topological polar surface area (TPSA) is 111 Å². The van der Waals surface area contributed by atoms with E-state index in [1.165, 1.54) is 4.68 Å². The van der Waals surface area contributed by atoms with Crippen LogP contribution in [-0.2, 0) is 16.1 Å². The van der Waals surface area contributed by atoms with Gasteiger partial charge >= 0.3 is 12.0 Å². The maximum atomic E-state index is 12.6. The first-order chi connectivity index (χ1) is 13.5. The number of imide groups is 1. The minimum absolute atomic E-state index is 0.0228. The Morgan fingerprint density at radius 3 is 2.61 bits per heavy atom. The van der Waals surface area contributed by atoms with Crippen molar-refractivity contribution in [2.45, 2.75) is 32.7 Å². The summed E-state index contributed by atoms with van der Waals surface area (Å²) < 4.78 is 6.36. The van der Waals surface area contributed by atoms with Gasteiger partial charge in [-0.2, -0.15) is 5.10 Å². The monoisotopic (exact) mass is 386 g/mol. The number of carbonyl (C=O) groups excluding carboxylic acids is 3. The molecule has 9 heteroatoms. The number of aryl methyl sites for hydroxylation is 1. The molecule has 0 atom stereocenters. The first-order valence-corrected chi connectivity index (χ1v) is 9.28. The number of benzene rings is 1. The quantitative estimate of drug-likeness (QED) is 0.567. The molecule has 0 unspecified atom stereocenters. The van der Waals surface area contributed by atoms with Gasteiger partial charge in [0.15, 0.2) is 12.3 Å². The maximum absolute atomic E-state index is 12.6. The van der Waals surface area contributed by atoms with Crippen LogP contribution < -0.4 is 10.9 Å². The molecule has 1 aromatic heterocycles. The van der Waals surface area contributed by atoms with E-state index in [1.54, 1.807) is 24.3 Å². The van der Waals surface area contributed by atoms with Gasteiger partial charge < -0.3 is 10.1 Å². The van der Waals surface area contributed by atoms with Crippen molar-refractivity contribution >= 4 is 28.7 Å². The number of esters is 1. The number of fused-ring (bicyclic) bond motifs is 1. The zero-order valence-electron chi connectivity index (χ0n) is 15.6. The molecule has 1 aromatic carbocycles. The van der Waals surface area contributed by atoms with Crippen LogP contribution >= 0.6 is 0 Å². The third-order valence-corrected chi connectivity index (χ3v) is 4.52. The van der Waals surface area contributed by atoms with Gasteiger partial charge in [-0.15, -0.1) is 0 Å². The Kier molecular flexibility index (Phi) is 6.03. The summed E-state index contributed by atoms with van der Waals surface area (Å²) in [4.78, 5) is 49.8. The van der Waals surface area contributed by atoms with Crippen molar-refractivity contribution in [2.75, 3.05) is 19.7 Å². The lowest BCUT2D eigenvalue weighted by Gasteiger charge is -2.13. The molecule has 3 amide bonds. The average Bonchev–Trinajstić information content (AvgIpc) is 3.14. The van der Waals surface area contributed by atoms with Crippen molar-refractivity contribution in [3.63, 3.8) is 0 Å². The second-order valence-electron chi connectivity index (χ2n) is 6.48. The molecule has 1 aliphatic rings. The van der Waals surface area contributed by atoms with Crippen LogP contribution in [0.3, 0.4) is 0 Å². The minimum Gasteiger partial charge on any atom is -0.451 e. The van der Waals surface area contributed by atoms with E-state index in [4.69, 9.17) is 4.74 Å². The third-order valence-electron chi connectivity index (χ3n) is 4.52. The molecule has 3 rings (SSSR count). The highest BCUT2D eigenvalue weighted by Gasteiger charge is 2.27. The Balaban J connectivity index is 1.83. The Morgan fingerprint density at radius 1 is 1.18 bits per heavy atom. The van der Waals surface area contributed by atoms with Crippen LogP contribution in [0, 0.1) is 0 Å². The predicted molar refractivity (Wildman–Crippen MR) is 101 cm³/mol. The number of amides is 3. The van der Waals surface area contributed by atoms with Crippen molar-refractivity contribution in [2.24, 2.45) is 0 Å². The van der Waals surface area contributed by atoms with Crippen LogP contribution in [0.2, 0.25) is 0 Å². The highest BCUT2D eigenvalue weighted by atomic mass is 16.5. The molecule has 9 nitrogen and oxygen atoms in total. The lowest BCUT2D eigenvalue weighted by Crippen LogP contribution is -2.37. The van der Waals surface area contributed by atoms with E-state index in [2.05, 4.69) is 17.3 Å². The first-order valence-electron chi connectivity index (χ1n) is 9.28. The molecule has 2 aromatic rings. The molecular weight excluding hydrogens is 364 g/mol. The average molecular weight is 386 g/mol. The summed E-state index contributed by atoms with van der Waals surface area (Å²) in [5, 5.41) is 7.43. The summed E-state index contributed by atoms with van der Waals surface area (Å²) >= 11 is 0. The van der Waals surface area contributed by atoms with Crippen LogP contribution in [0.1, 0.15) is 36.7 Å². The fourth-order valence-electron chi connectivity index (χ4n) is 3.03. The van der Waals surface area contributed by atoms with E-state index in [1.807, 2.05) is 0 Å². The molecule has 1 saturated heterocycles. The molecule has 1 aliphatic heterocycles. The van der Waals surface area contributed by atoms with Gasteiger partial charge in [0, 0.05) is 25.0 Å². The number of ether oxygens (including phenoxy) is 1. The number of urea groups is 1. The van der Waals surface area contributed by atoms with E-state index < -0.39 is 24.5 Å². The SMILES string of the molecule is CCCCCn1nc(C(=O)OCC(=O)N2CCNC2=O)c2ccccc2c1=O. The molecule has 2 heterocycles. The highest BCUT2D eigenvalue weighted by molar-refractivity contribution is 6.03. The van der Waals surface area contributed by atoms with Crippen molar-refractivity contribution in [3.8, 4) is 0 Å². The molecule has 0 saturated carbocycles. The van der Waals surface area contributed by atoms with Gasteiger partial charge in [-0.3, -0.25) is 14.5 Å². The zero-order valence-corrected chi connectivity index (χ0v) is 15.6. The fourth-order valence-corrected chi connectivity index (χ4v) is 3.03. The molecule has 0 spiro atoms. The van der Waals surface area contributed by atoms with Crippen LogP contribution in [0.5, 0.6) is 0 Å². The number of nitrogens with zero attached hydrogens (tertiary/aromatic N) is 3. The third kappa shape index (κ3) is 4.03. The molecule has 1 N–H and O–H groups in total. The smallest absolute Gasteiger partial charge is 0.359 e. The molecule has 28 heavy (non-hydrogen) atoms. The standard InChI is InChI=1S/C19H22N4O5/c1-2-3-6-10-23-17(25)14-8-5-4-7-13(14)16(21-23)18(26)28-12-15(24)22-11-9-20-19(22)27/h4-5,7-8H,2-3,6,9-12H2,1H3,(H,20,27). The molecule has 0 radical (unpaired) electrons. The summed E-state index contributed by atoms with van der Waals surface area (Å²) in [6.45, 7) is 2.48. The molecule has 0 aliphatic carbocycles. The second kappa shape index (κ2) is 8.64. The molecule has 148 valence electrons. The van der Waals surface area contributed by atoms with Gasteiger partial charge in [0.05, 0.1) is 5.39 Å². The summed E-state index contributed by atoms with van der Waals surface area (Å²) in [5.74, 6) is -1.42. The number of hydrogen-bond acceptors (Lipinski definition) is 6. The Bertz CT molecular complexity index is 968. The Labute approximate surface area is 161 Å². The normalized spacial score (nSPS) is 13.6. The summed E-state index contributed by atoms with van der Waals surface area (Å²) in [7, 11) is 0. The van der Waals surface area contributed by atoms with Crippen LogP contribution in [0.4, 0.5) is 4.79 Å². The lowest BCUT2D eigenvalue weighted by molar-refractivity contribution is -0.130. The summed E-state index contributed by atoms with van der Waals surface area (Å²) in [6, 6.07) is 6.15. The van der Waals surface area contributed by atoms with Gasteiger partial charge in [0.2, 0.25) is 0 Å². The molecule has 1 fully saturated rings. The minimum atomic E-state index is -0.812. The largest absolute Gasteiger partial charge is 0.451 e. The maximum Gasteiger partial charge on any atom is 0.359 e. The van der Waals surface area contributed by atoms with E-state index in [-0.39, 0.29) is 17.8 Å². The van der Waals surface area contributed by atoms with Crippen molar-refractivity contribution in [3.05, 3.63) is 40.3 Å². The van der Waals surface area contributed by atoms with E-state index >= 15 is 0 Å². The van der Waals surface area contributed by atoms with Crippen LogP contribution in [0.15, 0.2) is 29.1 Å². The summed E-state index contributed by atoms with van der Waals surface area (Å²) in [6.07, 6.45) is 2.69. The number of aromatic nitrogens is 2. The number of rotatable bonds is 7. The predicted octanol–water partition coefficient (Wildman–Crippen LogP) is 1.30. The van der Waals surface area contributed by atoms with E-state index in [0.29, 0.717) is 23.9 Å². The highest BCUT2D eigenvalue weighted by Crippen LogP contribution is 2.15. The zero-order chi connectivity index (χ0) is 20.1. The van der Waals surface area contributed by atoms with Gasteiger partial charge in [-0.1, -0.05) is 38.0 Å². The van der Waals surface area contributed by atoms with Gasteiger partial charge in [-0.05, 0) is 12.5 Å². The van der Waals surface area contributed by atoms with Crippen molar-refractivity contribution in [1.82, 2.24) is 20.0 Å². The number of nitrogens with one attached hydrogen (secondary N) is 1. The van der Waals surface area contributed by atoms with Crippen molar-refractivity contribution in [1.29, 1.82) is 0 Å². The van der Waals surface area contributed by atoms with Gasteiger partial charge in [-0.25, -0.2) is 14.3 Å². The van der Waals surface area contributed by atoms with Gasteiger partial charge in [0.1, 0.15) is 0 Å². The van der Waals surface area contributed by atoms with Crippen LogP contribution in [0.25, 0.3) is 10.8 Å². The first kappa shape index (κ1) is 19.5. The second-order valence-corrected chi connectivity index (χ2v) is 6.48. The summed E-state index contributed by atoms with van der Waals surface area (Å²) in [5.41, 5.74) is -0.293. The lowest BCUT2D eigenvalue weighted by atomic mass is 10.1. The number of carbonyl (C=O) groups is 3. The Morgan fingerprint density at radius 2 is 1.93 bits per heavy atom. The van der Waals surface area contributed by atoms with Crippen LogP contribution in [-0.4, -0.2) is 52.3 Å².